The smallest absolute Gasteiger partial charge is 0.324 e. The molecule has 1 unspecified atom stereocenters. The number of imide groups is 1. The molecule has 1 fully saturated rings. The lowest BCUT2D eigenvalue weighted by Crippen LogP contribution is -2.34. The minimum atomic E-state index is -0.356. The summed E-state index contributed by atoms with van der Waals surface area (Å²) in [7, 11) is 0. The molecule has 0 aromatic rings. The van der Waals surface area contributed by atoms with Crippen molar-refractivity contribution in [2.24, 2.45) is 0 Å². The van der Waals surface area contributed by atoms with Gasteiger partial charge in [-0.25, -0.2) is 4.79 Å². The lowest BCUT2D eigenvalue weighted by molar-refractivity contribution is -0.128. The summed E-state index contributed by atoms with van der Waals surface area (Å²) in [5, 5.41) is 2.65. The maximum absolute atomic E-state index is 11.7. The van der Waals surface area contributed by atoms with Gasteiger partial charge in [-0.15, -0.1) is 11.6 Å². The van der Waals surface area contributed by atoms with Crippen molar-refractivity contribution < 1.29 is 14.3 Å². The van der Waals surface area contributed by atoms with Gasteiger partial charge in [-0.1, -0.05) is 13.3 Å². The van der Waals surface area contributed by atoms with Crippen LogP contribution in [0.4, 0.5) is 4.79 Å². The summed E-state index contributed by atoms with van der Waals surface area (Å²) >= 11 is 5.43. The first-order chi connectivity index (χ1) is 7.70. The summed E-state index contributed by atoms with van der Waals surface area (Å²) in [5.41, 5.74) is 0. The van der Waals surface area contributed by atoms with Crippen molar-refractivity contribution in [2.75, 3.05) is 25.6 Å². The number of hydrogen-bond acceptors (Lipinski definition) is 3. The van der Waals surface area contributed by atoms with E-state index in [9.17, 15) is 9.59 Å². The maximum atomic E-state index is 11.7. The second kappa shape index (κ2) is 6.70. The van der Waals surface area contributed by atoms with Crippen molar-refractivity contribution in [1.29, 1.82) is 0 Å². The van der Waals surface area contributed by atoms with E-state index in [2.05, 4.69) is 5.32 Å². The Morgan fingerprint density at radius 1 is 1.44 bits per heavy atom. The molecule has 92 valence electrons. The van der Waals surface area contributed by atoms with Gasteiger partial charge >= 0.3 is 6.03 Å². The molecule has 0 aliphatic carbocycles. The van der Waals surface area contributed by atoms with Crippen LogP contribution in [0.5, 0.6) is 0 Å². The number of hydrogen-bond donors (Lipinski definition) is 1. The number of nitrogens with zero attached hydrogens (tertiary/aromatic N) is 1. The molecule has 0 aromatic carbocycles. The molecule has 3 amide bonds. The standard InChI is InChI=1S/C10H17ClN2O3/c1-2-3-8-9(14)13(10(15)12-8)5-7-16-6-4-11/h8H,2-7H2,1H3,(H,12,15). The van der Waals surface area contributed by atoms with E-state index in [0.717, 1.165) is 6.42 Å². The minimum Gasteiger partial charge on any atom is -0.378 e. The van der Waals surface area contributed by atoms with Gasteiger partial charge in [-0.3, -0.25) is 9.69 Å². The van der Waals surface area contributed by atoms with Gasteiger partial charge < -0.3 is 10.1 Å². The molecule has 5 nitrogen and oxygen atoms in total. The Morgan fingerprint density at radius 2 is 2.19 bits per heavy atom. The number of alkyl halides is 1. The van der Waals surface area contributed by atoms with Crippen LogP contribution in [0.2, 0.25) is 0 Å². The van der Waals surface area contributed by atoms with Crippen molar-refractivity contribution in [3.05, 3.63) is 0 Å². The van der Waals surface area contributed by atoms with Gasteiger partial charge in [0.1, 0.15) is 6.04 Å². The third-order valence-corrected chi connectivity index (χ3v) is 2.52. The molecular formula is C10H17ClN2O3. The SMILES string of the molecule is CCCC1NC(=O)N(CCOCCCl)C1=O. The van der Waals surface area contributed by atoms with Crippen molar-refractivity contribution in [3.8, 4) is 0 Å². The Hall–Kier alpha value is -0.810. The third-order valence-electron chi connectivity index (χ3n) is 2.37. The first-order valence-electron chi connectivity index (χ1n) is 5.46. The number of ether oxygens (including phenoxy) is 1. The molecule has 0 spiro atoms. The minimum absolute atomic E-state index is 0.152. The number of urea groups is 1. The number of carbonyl (C=O) groups excluding carboxylic acids is 2. The second-order valence-electron chi connectivity index (χ2n) is 3.58. The molecular weight excluding hydrogens is 232 g/mol. The molecule has 1 rings (SSSR count). The highest BCUT2D eigenvalue weighted by Crippen LogP contribution is 2.10. The van der Waals surface area contributed by atoms with Crippen LogP contribution in [0.3, 0.4) is 0 Å². The lowest BCUT2D eigenvalue weighted by Gasteiger charge is -2.12. The average molecular weight is 249 g/mol. The van der Waals surface area contributed by atoms with E-state index in [4.69, 9.17) is 16.3 Å². The number of carbonyl (C=O) groups is 2. The number of nitrogens with one attached hydrogen (secondary N) is 1. The zero-order valence-corrected chi connectivity index (χ0v) is 10.1. The van der Waals surface area contributed by atoms with Gasteiger partial charge in [-0.05, 0) is 6.42 Å². The summed E-state index contributed by atoms with van der Waals surface area (Å²) in [6.07, 6.45) is 1.55. The van der Waals surface area contributed by atoms with Crippen LogP contribution in [0.25, 0.3) is 0 Å². The monoisotopic (exact) mass is 248 g/mol. The molecule has 0 aromatic heterocycles. The lowest BCUT2D eigenvalue weighted by atomic mass is 10.2. The fourth-order valence-corrected chi connectivity index (χ4v) is 1.69. The summed E-state index contributed by atoms with van der Waals surface area (Å²) < 4.78 is 5.13. The summed E-state index contributed by atoms with van der Waals surface area (Å²) in [6.45, 7) is 3.04. The Bertz CT molecular complexity index is 260. The van der Waals surface area contributed by atoms with Gasteiger partial charge in [0.25, 0.3) is 5.91 Å². The molecule has 0 radical (unpaired) electrons. The first-order valence-corrected chi connectivity index (χ1v) is 5.99. The van der Waals surface area contributed by atoms with E-state index in [-0.39, 0.29) is 18.0 Å². The molecule has 1 aliphatic rings. The van der Waals surface area contributed by atoms with Crippen molar-refractivity contribution in [3.63, 3.8) is 0 Å². The van der Waals surface area contributed by atoms with Gasteiger partial charge in [-0.2, -0.15) is 0 Å². The van der Waals surface area contributed by atoms with Crippen molar-refractivity contribution in [1.82, 2.24) is 10.2 Å². The van der Waals surface area contributed by atoms with E-state index in [0.29, 0.717) is 32.1 Å². The van der Waals surface area contributed by atoms with Gasteiger partial charge in [0.05, 0.1) is 19.8 Å². The fourth-order valence-electron chi connectivity index (χ4n) is 1.59. The summed E-state index contributed by atoms with van der Waals surface area (Å²) in [4.78, 5) is 24.4. The Labute approximate surface area is 100 Å². The highest BCUT2D eigenvalue weighted by atomic mass is 35.5. The number of rotatable bonds is 7. The Morgan fingerprint density at radius 3 is 2.81 bits per heavy atom. The van der Waals surface area contributed by atoms with Crippen LogP contribution in [0, 0.1) is 0 Å². The first kappa shape index (κ1) is 13.3. The normalized spacial score (nSPS) is 20.4. The highest BCUT2D eigenvalue weighted by molar-refractivity contribution is 6.17. The maximum Gasteiger partial charge on any atom is 0.324 e. The molecule has 0 saturated carbocycles. The van der Waals surface area contributed by atoms with Crippen molar-refractivity contribution >= 4 is 23.5 Å². The summed E-state index contributed by atoms with van der Waals surface area (Å²) in [6, 6.07) is -0.677. The van der Waals surface area contributed by atoms with E-state index >= 15 is 0 Å². The van der Waals surface area contributed by atoms with Gasteiger partial charge in [0, 0.05) is 5.88 Å². The quantitative estimate of drug-likeness (QED) is 0.415. The van der Waals surface area contributed by atoms with Crippen LogP contribution in [-0.2, 0) is 9.53 Å². The van der Waals surface area contributed by atoms with Crippen LogP contribution >= 0.6 is 11.6 Å². The van der Waals surface area contributed by atoms with Crippen LogP contribution < -0.4 is 5.32 Å². The topological polar surface area (TPSA) is 58.6 Å². The van der Waals surface area contributed by atoms with Crippen LogP contribution in [0.1, 0.15) is 19.8 Å². The molecule has 16 heavy (non-hydrogen) atoms. The number of halogens is 1. The number of amides is 3. The molecule has 1 saturated heterocycles. The molecule has 0 bridgehead atoms. The summed E-state index contributed by atoms with van der Waals surface area (Å²) in [5.74, 6) is 0.264. The molecule has 1 aliphatic heterocycles. The largest absolute Gasteiger partial charge is 0.378 e. The van der Waals surface area contributed by atoms with Gasteiger partial charge in [0.2, 0.25) is 0 Å². The van der Waals surface area contributed by atoms with E-state index in [1.165, 1.54) is 4.90 Å². The fraction of sp³-hybridized carbons (Fsp3) is 0.800. The zero-order valence-electron chi connectivity index (χ0n) is 9.37. The van der Waals surface area contributed by atoms with Gasteiger partial charge in [0.15, 0.2) is 0 Å². The van der Waals surface area contributed by atoms with Crippen molar-refractivity contribution in [2.45, 2.75) is 25.8 Å². The Kier molecular flexibility index (Phi) is 5.55. The van der Waals surface area contributed by atoms with E-state index < -0.39 is 0 Å². The third kappa shape index (κ3) is 3.35. The average Bonchev–Trinajstić information content (AvgIpc) is 2.52. The Balaban J connectivity index is 2.36. The molecule has 1 heterocycles. The highest BCUT2D eigenvalue weighted by Gasteiger charge is 2.36. The predicted molar refractivity (Wildman–Crippen MR) is 60.5 cm³/mol. The van der Waals surface area contributed by atoms with Crippen LogP contribution in [0.15, 0.2) is 0 Å². The predicted octanol–water partition coefficient (Wildman–Crippen LogP) is 0.962. The molecule has 1 atom stereocenters. The van der Waals surface area contributed by atoms with Crippen LogP contribution in [-0.4, -0.2) is 48.5 Å². The van der Waals surface area contributed by atoms with E-state index in [1.54, 1.807) is 0 Å². The second-order valence-corrected chi connectivity index (χ2v) is 3.96. The molecule has 1 N–H and O–H groups in total. The van der Waals surface area contributed by atoms with E-state index in [1.807, 2.05) is 6.92 Å². The zero-order chi connectivity index (χ0) is 12.0. The molecule has 6 heteroatoms.